The van der Waals surface area contributed by atoms with Gasteiger partial charge in [0.1, 0.15) is 6.54 Å². The van der Waals surface area contributed by atoms with Crippen LogP contribution in [-0.4, -0.2) is 25.1 Å². The average molecular weight is 492 g/mol. The lowest BCUT2D eigenvalue weighted by Gasteiger charge is -2.28. The van der Waals surface area contributed by atoms with E-state index in [9.17, 15) is 0 Å². The van der Waals surface area contributed by atoms with Crippen molar-refractivity contribution in [3.8, 4) is 0 Å². The van der Waals surface area contributed by atoms with E-state index in [4.69, 9.17) is 0 Å². The summed E-state index contributed by atoms with van der Waals surface area (Å²) in [5.41, 5.74) is 1.38. The number of allylic oxidation sites excluding steroid dienone is 1. The molecule has 0 amide bonds. The van der Waals surface area contributed by atoms with Gasteiger partial charge in [0.05, 0.1) is 20.6 Å². The fourth-order valence-electron chi connectivity index (χ4n) is 4.33. The summed E-state index contributed by atoms with van der Waals surface area (Å²) in [6, 6.07) is 10.6. The Morgan fingerprint density at radius 2 is 1.03 bits per heavy atom. The zero-order chi connectivity index (χ0) is 24.5. The summed E-state index contributed by atoms with van der Waals surface area (Å²) in [4.78, 5) is 0. The summed E-state index contributed by atoms with van der Waals surface area (Å²) in [6.07, 6.45) is 28.4. The normalized spacial score (nSPS) is 10.7. The van der Waals surface area contributed by atoms with Crippen LogP contribution in [0.3, 0.4) is 0 Å². The maximum Gasteiger partial charge on any atom is 0.104 e. The van der Waals surface area contributed by atoms with Crippen molar-refractivity contribution in [3.05, 3.63) is 61.2 Å². The monoisotopic (exact) mass is 491 g/mol. The fraction of sp³-hybridized carbons (Fsp3) is 0.688. The van der Waals surface area contributed by atoms with Crippen LogP contribution in [0.25, 0.3) is 0 Å². The van der Waals surface area contributed by atoms with Gasteiger partial charge in [0.15, 0.2) is 0 Å². The van der Waals surface area contributed by atoms with Gasteiger partial charge >= 0.3 is 0 Å². The van der Waals surface area contributed by atoms with Crippen LogP contribution in [0.2, 0.25) is 0 Å². The summed E-state index contributed by atoms with van der Waals surface area (Å²) < 4.78 is 0.966. The van der Waals surface area contributed by atoms with E-state index in [2.05, 4.69) is 64.5 Å². The van der Waals surface area contributed by atoms with E-state index in [-0.39, 0.29) is 12.4 Å². The minimum Gasteiger partial charge on any atom is -1.00 e. The van der Waals surface area contributed by atoms with E-state index in [1.54, 1.807) is 0 Å². The van der Waals surface area contributed by atoms with Gasteiger partial charge < -0.3 is 16.9 Å². The van der Waals surface area contributed by atoms with E-state index < -0.39 is 0 Å². The first-order valence-corrected chi connectivity index (χ1v) is 14.1. The molecule has 0 fully saturated rings. The third kappa shape index (κ3) is 25.6. The van der Waals surface area contributed by atoms with Gasteiger partial charge in [-0.15, -0.1) is 6.58 Å². The minimum atomic E-state index is 0. The fourth-order valence-corrected chi connectivity index (χ4v) is 4.33. The Balaban J connectivity index is 0. The molecule has 198 valence electrons. The molecule has 0 aromatic heterocycles. The van der Waals surface area contributed by atoms with Crippen molar-refractivity contribution in [1.29, 1.82) is 0 Å². The molecule has 0 aliphatic rings. The molecule has 0 aliphatic heterocycles. The highest BCUT2D eigenvalue weighted by molar-refractivity contribution is 5.13. The van der Waals surface area contributed by atoms with Gasteiger partial charge in [-0.25, -0.2) is 0 Å². The molecule has 2 heteroatoms. The third-order valence-electron chi connectivity index (χ3n) is 6.34. The molecule has 1 aromatic carbocycles. The number of rotatable bonds is 21. The Labute approximate surface area is 221 Å². The van der Waals surface area contributed by atoms with E-state index in [0.29, 0.717) is 0 Å². The largest absolute Gasteiger partial charge is 1.00 e. The molecule has 0 atom stereocenters. The molecular weight excluding hydrogens is 434 g/mol. The highest BCUT2D eigenvalue weighted by Gasteiger charge is 2.12. The maximum absolute atomic E-state index is 3.77. The number of hydrogen-bond acceptors (Lipinski definition) is 0. The Morgan fingerprint density at radius 1 is 0.618 bits per heavy atom. The lowest BCUT2D eigenvalue weighted by Crippen LogP contribution is -3.00. The molecule has 1 rings (SSSR count). The van der Waals surface area contributed by atoms with Crippen LogP contribution in [0.1, 0.15) is 122 Å². The Hall–Kier alpha value is -1.05. The van der Waals surface area contributed by atoms with Crippen LogP contribution in [0.15, 0.2) is 55.6 Å². The molecule has 1 nitrogen and oxygen atoms in total. The van der Waals surface area contributed by atoms with Crippen LogP contribution >= 0.6 is 0 Å². The van der Waals surface area contributed by atoms with Gasteiger partial charge in [-0.3, -0.25) is 0 Å². The highest BCUT2D eigenvalue weighted by Crippen LogP contribution is 2.14. The van der Waals surface area contributed by atoms with E-state index in [1.807, 2.05) is 12.2 Å². The van der Waals surface area contributed by atoms with Crippen LogP contribution in [0, 0.1) is 0 Å². The highest BCUT2D eigenvalue weighted by atomic mass is 35.5. The van der Waals surface area contributed by atoms with Crippen LogP contribution in [0.4, 0.5) is 0 Å². The van der Waals surface area contributed by atoms with E-state index in [0.717, 1.165) is 17.6 Å². The molecule has 1 aromatic rings. The van der Waals surface area contributed by atoms with Crippen LogP contribution < -0.4 is 12.4 Å². The predicted octanol–water partition coefficient (Wildman–Crippen LogP) is 7.28. The molecule has 0 radical (unpaired) electrons. The van der Waals surface area contributed by atoms with Crippen LogP contribution in [0.5, 0.6) is 0 Å². The van der Waals surface area contributed by atoms with Crippen LogP contribution in [-0.2, 0) is 6.54 Å². The zero-order valence-electron chi connectivity index (χ0n) is 23.2. The van der Waals surface area contributed by atoms with Gasteiger partial charge in [0, 0.05) is 5.56 Å². The number of benzene rings is 1. The van der Waals surface area contributed by atoms with Gasteiger partial charge in [-0.1, -0.05) is 146 Å². The Bertz CT molecular complexity index is 537. The van der Waals surface area contributed by atoms with Gasteiger partial charge in [0.2, 0.25) is 0 Å². The number of likely N-dealkylation sites (N-methyl/N-ethyl adjacent to an activating group) is 1. The van der Waals surface area contributed by atoms with Crippen molar-refractivity contribution in [3.63, 3.8) is 0 Å². The van der Waals surface area contributed by atoms with Crippen molar-refractivity contribution in [2.45, 2.75) is 123 Å². The first-order valence-electron chi connectivity index (χ1n) is 14.1. The van der Waals surface area contributed by atoms with E-state index >= 15 is 0 Å². The Kier molecular flexibility index (Phi) is 27.4. The van der Waals surface area contributed by atoms with E-state index in [1.165, 1.54) is 115 Å². The van der Waals surface area contributed by atoms with Gasteiger partial charge in [0.25, 0.3) is 0 Å². The molecular formula is C32H58ClN. The first kappa shape index (κ1) is 35.1. The molecule has 0 saturated heterocycles. The predicted molar refractivity (Wildman–Crippen MR) is 152 cm³/mol. The Morgan fingerprint density at radius 3 is 1.41 bits per heavy atom. The molecule has 0 bridgehead atoms. The standard InChI is InChI=1S/C20H40.C12H18N.ClH/c1-3-5-7-9-11-13-15-17-19-20-18-16-14-12-10-8-6-4-2;1-4-10-13(2,3)11-12-8-6-5-7-9-12;/h3H,1,4-20H2,2H3;4-9H,1,10-11H2,2-3H3;1H/q;+1;/p-1. The average Bonchev–Trinajstić information content (AvgIpc) is 2.79. The molecule has 0 unspecified atom stereocenters. The lowest BCUT2D eigenvalue weighted by molar-refractivity contribution is -0.897. The quantitative estimate of drug-likeness (QED) is 0.0962. The lowest BCUT2D eigenvalue weighted by atomic mass is 10.0. The summed E-state index contributed by atoms with van der Waals surface area (Å²) in [7, 11) is 4.43. The molecule has 0 N–H and O–H groups in total. The molecule has 0 heterocycles. The topological polar surface area (TPSA) is 0 Å². The number of hydrogen-bond donors (Lipinski definition) is 0. The zero-order valence-corrected chi connectivity index (χ0v) is 24.0. The first-order chi connectivity index (χ1) is 16.1. The van der Waals surface area contributed by atoms with Crippen molar-refractivity contribution < 1.29 is 16.9 Å². The third-order valence-corrected chi connectivity index (χ3v) is 6.34. The van der Waals surface area contributed by atoms with Crippen molar-refractivity contribution in [1.82, 2.24) is 0 Å². The second-order valence-corrected chi connectivity index (χ2v) is 10.4. The summed E-state index contributed by atoms with van der Waals surface area (Å²) >= 11 is 0. The number of unbranched alkanes of at least 4 members (excludes halogenated alkanes) is 16. The minimum absolute atomic E-state index is 0. The molecule has 0 aliphatic carbocycles. The second-order valence-electron chi connectivity index (χ2n) is 10.4. The molecule has 0 saturated carbocycles. The smallest absolute Gasteiger partial charge is 0.104 e. The second kappa shape index (κ2) is 26.6. The maximum atomic E-state index is 3.77. The van der Waals surface area contributed by atoms with Gasteiger partial charge in [-0.05, 0) is 18.9 Å². The van der Waals surface area contributed by atoms with Crippen molar-refractivity contribution >= 4 is 0 Å². The molecule has 0 spiro atoms. The summed E-state index contributed by atoms with van der Waals surface area (Å²) in [5.74, 6) is 0. The van der Waals surface area contributed by atoms with Crippen molar-refractivity contribution in [2.24, 2.45) is 0 Å². The van der Waals surface area contributed by atoms with Crippen molar-refractivity contribution in [2.75, 3.05) is 20.6 Å². The number of quaternary nitrogens is 1. The number of halogens is 1. The number of nitrogens with zero attached hydrogens (tertiary/aromatic N) is 1. The SMILES string of the molecule is C=CCCCCCCCCCCCCCCCCCC.C=CC[N+](C)(C)Cc1ccccc1.[Cl-]. The summed E-state index contributed by atoms with van der Waals surface area (Å²) in [5, 5.41) is 0. The summed E-state index contributed by atoms with van der Waals surface area (Å²) in [6.45, 7) is 11.9. The molecule has 34 heavy (non-hydrogen) atoms. The van der Waals surface area contributed by atoms with Gasteiger partial charge in [-0.2, -0.15) is 0 Å².